The van der Waals surface area contributed by atoms with Gasteiger partial charge in [-0.2, -0.15) is 0 Å². The van der Waals surface area contributed by atoms with Crippen LogP contribution in [0.25, 0.3) is 5.69 Å². The number of imidazole rings is 1. The maximum absolute atomic E-state index is 14.3. The molecule has 2 N–H and O–H groups in total. The van der Waals surface area contributed by atoms with Gasteiger partial charge in [-0.3, -0.25) is 9.36 Å². The number of hydrogen-bond donors (Lipinski definition) is 1. The number of carbonyl (C=O) groups is 1. The number of hydrogen-bond acceptors (Lipinski definition) is 3. The van der Waals surface area contributed by atoms with Crippen LogP contribution in [0, 0.1) is 11.6 Å². The molecule has 0 aliphatic rings. The number of thioether (sulfide) groups is 1. The molecule has 0 spiro atoms. The first-order chi connectivity index (χ1) is 17.0. The van der Waals surface area contributed by atoms with Gasteiger partial charge in [0.1, 0.15) is 11.6 Å². The minimum absolute atomic E-state index is 0.239. The summed E-state index contributed by atoms with van der Waals surface area (Å²) in [5, 5.41) is 1.70. The fraction of sp³-hybridized carbons (Fsp3) is 0.154. The summed E-state index contributed by atoms with van der Waals surface area (Å²) in [5.74, 6) is -1.63. The lowest BCUT2D eigenvalue weighted by atomic mass is 9.81. The highest BCUT2D eigenvalue weighted by Crippen LogP contribution is 2.39. The van der Waals surface area contributed by atoms with Gasteiger partial charge in [-0.15, -0.1) is 0 Å². The molecule has 0 saturated carbocycles. The van der Waals surface area contributed by atoms with Crippen molar-refractivity contribution in [3.63, 3.8) is 0 Å². The average molecular weight is 567 g/mol. The zero-order chi connectivity index (χ0) is 26.2. The van der Waals surface area contributed by atoms with Gasteiger partial charge in [0.15, 0.2) is 5.16 Å². The molecule has 0 bridgehead atoms. The van der Waals surface area contributed by atoms with Crippen molar-refractivity contribution in [2.24, 2.45) is 5.73 Å². The lowest BCUT2D eigenvalue weighted by Gasteiger charge is -2.28. The van der Waals surface area contributed by atoms with E-state index in [9.17, 15) is 13.6 Å². The van der Waals surface area contributed by atoms with Gasteiger partial charge in [0.25, 0.3) is 5.91 Å². The Balaban J connectivity index is 1.85. The predicted octanol–water partition coefficient (Wildman–Crippen LogP) is 7.83. The Kier molecular flexibility index (Phi) is 7.67. The maximum Gasteiger partial charge on any atom is 0.251 e. The molecular weight excluding hydrogens is 547 g/mol. The van der Waals surface area contributed by atoms with E-state index in [0.29, 0.717) is 31.7 Å². The van der Waals surface area contributed by atoms with Crippen LogP contribution in [0.5, 0.6) is 0 Å². The molecule has 4 rings (SSSR count). The molecule has 0 aliphatic heterocycles. The Labute approximate surface area is 226 Å². The third kappa shape index (κ3) is 5.25. The Morgan fingerprint density at radius 2 is 1.75 bits per heavy atom. The van der Waals surface area contributed by atoms with E-state index in [1.165, 1.54) is 36.0 Å². The third-order valence-corrected chi connectivity index (χ3v) is 7.95. The molecule has 1 heterocycles. The number of rotatable bonds is 7. The first kappa shape index (κ1) is 26.5. The first-order valence-corrected chi connectivity index (χ1v) is 12.8. The lowest BCUT2D eigenvalue weighted by Crippen LogP contribution is -2.23. The van der Waals surface area contributed by atoms with E-state index in [1.54, 1.807) is 30.5 Å². The SMILES string of the molecule is CC(C)(c1ccc(Cl)c(Cl)c1)c1cnc(SCc2ccc(F)cc2Cl)n1-c1ccc(F)c(C(N)=O)c1. The van der Waals surface area contributed by atoms with Crippen LogP contribution in [0.4, 0.5) is 8.78 Å². The topological polar surface area (TPSA) is 60.9 Å². The first-order valence-electron chi connectivity index (χ1n) is 10.7. The summed E-state index contributed by atoms with van der Waals surface area (Å²) >= 11 is 20.0. The van der Waals surface area contributed by atoms with E-state index < -0.39 is 23.0 Å². The summed E-state index contributed by atoms with van der Waals surface area (Å²) in [6.07, 6.45) is 1.71. The van der Waals surface area contributed by atoms with Gasteiger partial charge in [0.2, 0.25) is 0 Å². The highest BCUT2D eigenvalue weighted by Gasteiger charge is 2.30. The van der Waals surface area contributed by atoms with Crippen LogP contribution < -0.4 is 5.73 Å². The molecule has 3 aromatic carbocycles. The summed E-state index contributed by atoms with van der Waals surface area (Å²) in [5.41, 5.74) is 7.37. The molecule has 0 atom stereocenters. The zero-order valence-corrected chi connectivity index (χ0v) is 22.2. The van der Waals surface area contributed by atoms with E-state index in [0.717, 1.165) is 16.8 Å². The van der Waals surface area contributed by atoms with Crippen molar-refractivity contribution in [2.45, 2.75) is 30.2 Å². The van der Waals surface area contributed by atoms with Gasteiger partial charge in [0, 0.05) is 21.9 Å². The van der Waals surface area contributed by atoms with Crippen LogP contribution in [-0.2, 0) is 11.2 Å². The summed E-state index contributed by atoms with van der Waals surface area (Å²) in [6.45, 7) is 3.98. The minimum atomic E-state index is -0.882. The van der Waals surface area contributed by atoms with Gasteiger partial charge in [-0.05, 0) is 53.6 Å². The average Bonchev–Trinajstić information content (AvgIpc) is 3.25. The maximum atomic E-state index is 14.3. The Morgan fingerprint density at radius 3 is 2.42 bits per heavy atom. The number of amides is 1. The van der Waals surface area contributed by atoms with E-state index in [4.69, 9.17) is 40.5 Å². The molecule has 0 unspecified atom stereocenters. The van der Waals surface area contributed by atoms with Gasteiger partial charge >= 0.3 is 0 Å². The quantitative estimate of drug-likeness (QED) is 0.232. The fourth-order valence-electron chi connectivity index (χ4n) is 3.78. The number of nitrogens with two attached hydrogens (primary N) is 1. The monoisotopic (exact) mass is 565 g/mol. The predicted molar refractivity (Wildman–Crippen MR) is 142 cm³/mol. The second kappa shape index (κ2) is 10.4. The largest absolute Gasteiger partial charge is 0.366 e. The van der Waals surface area contributed by atoms with Crippen molar-refractivity contribution in [2.75, 3.05) is 0 Å². The summed E-state index contributed by atoms with van der Waals surface area (Å²) in [4.78, 5) is 16.5. The van der Waals surface area contributed by atoms with Gasteiger partial charge < -0.3 is 5.73 Å². The highest BCUT2D eigenvalue weighted by atomic mass is 35.5. The van der Waals surface area contributed by atoms with Crippen LogP contribution in [0.15, 0.2) is 66.0 Å². The van der Waals surface area contributed by atoms with E-state index in [2.05, 4.69) is 4.98 Å². The summed E-state index contributed by atoms with van der Waals surface area (Å²) in [7, 11) is 0. The smallest absolute Gasteiger partial charge is 0.251 e. The minimum Gasteiger partial charge on any atom is -0.366 e. The van der Waals surface area contributed by atoms with Crippen molar-refractivity contribution in [3.8, 4) is 5.69 Å². The number of benzene rings is 3. The molecule has 1 amide bonds. The van der Waals surface area contributed by atoms with Crippen molar-refractivity contribution in [1.82, 2.24) is 9.55 Å². The number of nitrogens with zero attached hydrogens (tertiary/aromatic N) is 2. The van der Waals surface area contributed by atoms with Crippen molar-refractivity contribution < 1.29 is 13.6 Å². The van der Waals surface area contributed by atoms with Crippen LogP contribution in [0.1, 0.15) is 41.0 Å². The van der Waals surface area contributed by atoms with Crippen molar-refractivity contribution in [1.29, 1.82) is 0 Å². The molecule has 1 aromatic heterocycles. The van der Waals surface area contributed by atoms with E-state index in [1.807, 2.05) is 24.5 Å². The van der Waals surface area contributed by atoms with Crippen molar-refractivity contribution >= 4 is 52.5 Å². The zero-order valence-electron chi connectivity index (χ0n) is 19.2. The number of aromatic nitrogens is 2. The number of primary amides is 1. The van der Waals surface area contributed by atoms with E-state index >= 15 is 0 Å². The Hall–Kier alpha value is -2.58. The molecule has 10 heteroatoms. The fourth-order valence-corrected chi connectivity index (χ4v) is 5.39. The molecule has 186 valence electrons. The highest BCUT2D eigenvalue weighted by molar-refractivity contribution is 7.98. The van der Waals surface area contributed by atoms with Gasteiger partial charge in [-0.1, -0.05) is 72.5 Å². The van der Waals surface area contributed by atoms with Crippen LogP contribution in [-0.4, -0.2) is 15.5 Å². The van der Waals surface area contributed by atoms with Crippen LogP contribution in [0.2, 0.25) is 15.1 Å². The molecule has 0 aliphatic carbocycles. The van der Waals surface area contributed by atoms with Gasteiger partial charge in [0.05, 0.1) is 27.5 Å². The molecule has 0 saturated heterocycles. The second-order valence-corrected chi connectivity index (χ2v) is 10.7. The number of carbonyl (C=O) groups excluding carboxylic acids is 1. The summed E-state index contributed by atoms with van der Waals surface area (Å²) in [6, 6.07) is 13.7. The lowest BCUT2D eigenvalue weighted by molar-refractivity contribution is 0.0996. The molecule has 0 radical (unpaired) electrons. The van der Waals surface area contributed by atoms with Crippen molar-refractivity contribution in [3.05, 3.63) is 110 Å². The standard InChI is InChI=1S/C26H20Cl3F2N3OS/c1-26(2,15-4-7-19(27)21(29)9-15)23-12-33-25(36-13-14-3-5-16(30)10-20(14)28)34(23)17-6-8-22(31)18(11-17)24(32)35/h3-12H,13H2,1-2H3,(H2,32,35). The third-order valence-electron chi connectivity index (χ3n) is 5.86. The number of halogens is 5. The van der Waals surface area contributed by atoms with Crippen LogP contribution in [0.3, 0.4) is 0 Å². The molecule has 4 aromatic rings. The Morgan fingerprint density at radius 1 is 1.00 bits per heavy atom. The van der Waals surface area contributed by atoms with Gasteiger partial charge in [-0.25, -0.2) is 13.8 Å². The normalized spacial score (nSPS) is 11.6. The molecular formula is C26H20Cl3F2N3OS. The summed E-state index contributed by atoms with van der Waals surface area (Å²) < 4.78 is 29.6. The van der Waals surface area contributed by atoms with E-state index in [-0.39, 0.29) is 5.56 Å². The molecule has 0 fully saturated rings. The second-order valence-electron chi connectivity index (χ2n) is 8.57. The molecule has 4 nitrogen and oxygen atoms in total. The van der Waals surface area contributed by atoms with Crippen LogP contribution >= 0.6 is 46.6 Å². The molecule has 36 heavy (non-hydrogen) atoms. The Bertz CT molecular complexity index is 1470.